The highest BCUT2D eigenvalue weighted by Crippen LogP contribution is 2.29. The maximum absolute atomic E-state index is 13.9. The predicted octanol–water partition coefficient (Wildman–Crippen LogP) is 2.39. The zero-order valence-electron chi connectivity index (χ0n) is 10.9. The molecule has 1 saturated carbocycles. The molecule has 2 N–H and O–H groups in total. The van der Waals surface area contributed by atoms with Gasteiger partial charge in [-0.1, -0.05) is 12.8 Å². The summed E-state index contributed by atoms with van der Waals surface area (Å²) >= 11 is 0. The molecule has 2 aromatic rings. The minimum Gasteiger partial charge on any atom is -0.396 e. The number of benzene rings is 1. The second-order valence-corrected chi connectivity index (χ2v) is 5.19. The molecule has 1 aliphatic rings. The molecule has 5 nitrogen and oxygen atoms in total. The standard InChI is InChI=1S/C13H15F2N5/c14-10-6-11(15)12(16)5-9(10)13-17-18-19-20(13)7-8-3-1-2-4-8/h5-6,8H,1-4,7,16H2. The number of hydrogen-bond acceptors (Lipinski definition) is 4. The topological polar surface area (TPSA) is 69.6 Å². The highest BCUT2D eigenvalue weighted by Gasteiger charge is 2.21. The number of nitrogens with two attached hydrogens (primary N) is 1. The van der Waals surface area contributed by atoms with Crippen molar-refractivity contribution in [3.63, 3.8) is 0 Å². The summed E-state index contributed by atoms with van der Waals surface area (Å²) in [6.07, 6.45) is 4.68. The van der Waals surface area contributed by atoms with E-state index in [4.69, 9.17) is 5.73 Å². The molecule has 7 heteroatoms. The summed E-state index contributed by atoms with van der Waals surface area (Å²) in [7, 11) is 0. The molecule has 1 aromatic heterocycles. The van der Waals surface area contributed by atoms with Gasteiger partial charge in [-0.25, -0.2) is 13.5 Å². The first-order chi connectivity index (χ1) is 9.65. The Bertz CT molecular complexity index is 619. The van der Waals surface area contributed by atoms with Crippen LogP contribution >= 0.6 is 0 Å². The van der Waals surface area contributed by atoms with Crippen molar-refractivity contribution in [2.45, 2.75) is 32.2 Å². The lowest BCUT2D eigenvalue weighted by atomic mass is 10.1. The number of rotatable bonds is 3. The molecule has 0 atom stereocenters. The van der Waals surface area contributed by atoms with E-state index in [1.807, 2.05) is 0 Å². The first-order valence-corrected chi connectivity index (χ1v) is 6.66. The summed E-state index contributed by atoms with van der Waals surface area (Å²) in [5, 5.41) is 11.3. The Morgan fingerprint density at radius 2 is 1.95 bits per heavy atom. The summed E-state index contributed by atoms with van der Waals surface area (Å²) in [5.74, 6) is -0.681. The molecule has 0 radical (unpaired) electrons. The van der Waals surface area contributed by atoms with Gasteiger partial charge in [0.1, 0.15) is 11.6 Å². The maximum Gasteiger partial charge on any atom is 0.185 e. The number of nitrogens with zero attached hydrogens (tertiary/aromatic N) is 4. The van der Waals surface area contributed by atoms with Gasteiger partial charge in [0.2, 0.25) is 0 Å². The van der Waals surface area contributed by atoms with Crippen LogP contribution < -0.4 is 5.73 Å². The molecule has 1 fully saturated rings. The first-order valence-electron chi connectivity index (χ1n) is 6.66. The van der Waals surface area contributed by atoms with Gasteiger partial charge in [-0.2, -0.15) is 0 Å². The fourth-order valence-electron chi connectivity index (χ4n) is 2.70. The van der Waals surface area contributed by atoms with Crippen LogP contribution in [0.5, 0.6) is 0 Å². The van der Waals surface area contributed by atoms with Crippen molar-refractivity contribution in [3.8, 4) is 11.4 Å². The van der Waals surface area contributed by atoms with Crippen molar-refractivity contribution < 1.29 is 8.78 Å². The van der Waals surface area contributed by atoms with Crippen LogP contribution in [0.25, 0.3) is 11.4 Å². The van der Waals surface area contributed by atoms with Gasteiger partial charge in [-0.3, -0.25) is 0 Å². The molecule has 3 rings (SSSR count). The van der Waals surface area contributed by atoms with Gasteiger partial charge in [0.15, 0.2) is 5.82 Å². The average Bonchev–Trinajstić information content (AvgIpc) is 3.06. The molecule has 0 aliphatic heterocycles. The van der Waals surface area contributed by atoms with Crippen LogP contribution in [-0.2, 0) is 6.54 Å². The fourth-order valence-corrected chi connectivity index (χ4v) is 2.70. The van der Waals surface area contributed by atoms with E-state index in [0.29, 0.717) is 18.3 Å². The lowest BCUT2D eigenvalue weighted by Gasteiger charge is -2.11. The normalized spacial score (nSPS) is 15.9. The third-order valence-corrected chi connectivity index (χ3v) is 3.77. The summed E-state index contributed by atoms with van der Waals surface area (Å²) < 4.78 is 28.7. The lowest BCUT2D eigenvalue weighted by molar-refractivity contribution is 0.424. The van der Waals surface area contributed by atoms with Gasteiger partial charge in [0, 0.05) is 12.6 Å². The van der Waals surface area contributed by atoms with Crippen LogP contribution in [-0.4, -0.2) is 20.2 Å². The summed E-state index contributed by atoms with van der Waals surface area (Å²) in [4.78, 5) is 0. The highest BCUT2D eigenvalue weighted by atomic mass is 19.1. The highest BCUT2D eigenvalue weighted by molar-refractivity contribution is 5.62. The molecule has 0 saturated heterocycles. The van der Waals surface area contributed by atoms with E-state index in [2.05, 4.69) is 15.5 Å². The molecule has 0 bridgehead atoms. The first kappa shape index (κ1) is 13.0. The summed E-state index contributed by atoms with van der Waals surface area (Å²) in [5.41, 5.74) is 5.51. The number of hydrogen-bond donors (Lipinski definition) is 1. The molecular weight excluding hydrogens is 264 g/mol. The van der Waals surface area contributed by atoms with Crippen LogP contribution in [0.15, 0.2) is 12.1 Å². The van der Waals surface area contributed by atoms with Gasteiger partial charge >= 0.3 is 0 Å². The van der Waals surface area contributed by atoms with Crippen LogP contribution in [0.1, 0.15) is 25.7 Å². The molecule has 0 amide bonds. The van der Waals surface area contributed by atoms with Crippen LogP contribution in [0.3, 0.4) is 0 Å². The Morgan fingerprint density at radius 1 is 1.20 bits per heavy atom. The van der Waals surface area contributed by atoms with Gasteiger partial charge < -0.3 is 5.73 Å². The molecule has 0 spiro atoms. The summed E-state index contributed by atoms with van der Waals surface area (Å²) in [6.45, 7) is 0.652. The minimum atomic E-state index is -0.777. The van der Waals surface area contributed by atoms with Crippen LogP contribution in [0.2, 0.25) is 0 Å². The van der Waals surface area contributed by atoms with Gasteiger partial charge in [0.05, 0.1) is 11.3 Å². The number of halogens is 2. The van der Waals surface area contributed by atoms with Crippen LogP contribution in [0.4, 0.5) is 14.5 Å². The molecule has 0 unspecified atom stereocenters. The van der Waals surface area contributed by atoms with E-state index >= 15 is 0 Å². The monoisotopic (exact) mass is 279 g/mol. The van der Waals surface area contributed by atoms with Gasteiger partial charge in [-0.15, -0.1) is 5.10 Å². The predicted molar refractivity (Wildman–Crippen MR) is 69.5 cm³/mol. The number of aromatic nitrogens is 4. The average molecular weight is 279 g/mol. The number of tetrazole rings is 1. The smallest absolute Gasteiger partial charge is 0.185 e. The second kappa shape index (κ2) is 5.15. The van der Waals surface area contributed by atoms with Crippen molar-refractivity contribution in [3.05, 3.63) is 23.8 Å². The second-order valence-electron chi connectivity index (χ2n) is 5.19. The molecule has 1 heterocycles. The molecule has 1 aliphatic carbocycles. The maximum atomic E-state index is 13.9. The van der Waals surface area contributed by atoms with Crippen LogP contribution in [0, 0.1) is 17.6 Å². The Balaban J connectivity index is 1.94. The lowest BCUT2D eigenvalue weighted by Crippen LogP contribution is -2.11. The minimum absolute atomic E-state index is 0.114. The van der Waals surface area contributed by atoms with Crippen molar-refractivity contribution in [1.29, 1.82) is 0 Å². The largest absolute Gasteiger partial charge is 0.396 e. The van der Waals surface area contributed by atoms with E-state index in [0.717, 1.165) is 18.9 Å². The Hall–Kier alpha value is -2.05. The summed E-state index contributed by atoms with van der Waals surface area (Å²) in [6, 6.07) is 2.00. The number of anilines is 1. The van der Waals surface area contributed by atoms with Crippen molar-refractivity contribution in [1.82, 2.24) is 20.2 Å². The number of nitrogen functional groups attached to an aromatic ring is 1. The van der Waals surface area contributed by atoms with E-state index < -0.39 is 11.6 Å². The van der Waals surface area contributed by atoms with E-state index in [-0.39, 0.29) is 11.3 Å². The molecular formula is C13H15F2N5. The molecule has 106 valence electrons. The Morgan fingerprint density at radius 3 is 2.70 bits per heavy atom. The van der Waals surface area contributed by atoms with Crippen molar-refractivity contribution >= 4 is 5.69 Å². The van der Waals surface area contributed by atoms with E-state index in [1.165, 1.54) is 18.9 Å². The van der Waals surface area contributed by atoms with Gasteiger partial charge in [-0.05, 0) is 35.3 Å². The zero-order chi connectivity index (χ0) is 14.1. The fraction of sp³-hybridized carbons (Fsp3) is 0.462. The SMILES string of the molecule is Nc1cc(-c2nnnn2CC2CCCC2)c(F)cc1F. The quantitative estimate of drug-likeness (QED) is 0.876. The van der Waals surface area contributed by atoms with E-state index in [1.54, 1.807) is 4.68 Å². The molecule has 20 heavy (non-hydrogen) atoms. The Kier molecular flexibility index (Phi) is 3.33. The molecule has 1 aromatic carbocycles. The van der Waals surface area contributed by atoms with Gasteiger partial charge in [0.25, 0.3) is 0 Å². The third-order valence-electron chi connectivity index (χ3n) is 3.77. The zero-order valence-corrected chi connectivity index (χ0v) is 10.9. The van der Waals surface area contributed by atoms with Crippen molar-refractivity contribution in [2.24, 2.45) is 5.92 Å². The van der Waals surface area contributed by atoms with E-state index in [9.17, 15) is 8.78 Å². The Labute approximate surface area is 114 Å². The van der Waals surface area contributed by atoms with Crippen molar-refractivity contribution in [2.75, 3.05) is 5.73 Å². The third kappa shape index (κ3) is 2.35.